The Balaban J connectivity index is 1.92. The van der Waals surface area contributed by atoms with Crippen LogP contribution in [0.15, 0.2) is 59.4 Å². The molecule has 29 heavy (non-hydrogen) atoms. The van der Waals surface area contributed by atoms with Gasteiger partial charge in [-0.1, -0.05) is 24.3 Å². The number of H-pyrrole nitrogens is 1. The maximum Gasteiger partial charge on any atom is 0.255 e. The molecule has 6 nitrogen and oxygen atoms in total. The molecule has 0 aliphatic rings. The van der Waals surface area contributed by atoms with Gasteiger partial charge < -0.3 is 15.0 Å². The zero-order valence-corrected chi connectivity index (χ0v) is 16.2. The summed E-state index contributed by atoms with van der Waals surface area (Å²) >= 11 is 0. The number of aryl methyl sites for hydroxylation is 1. The Labute approximate surface area is 167 Å². The molecular weight excluding hydrogens is 373 g/mol. The van der Waals surface area contributed by atoms with Crippen molar-refractivity contribution in [1.82, 2.24) is 15.3 Å². The first kappa shape index (κ1) is 20.3. The molecule has 0 spiro atoms. The van der Waals surface area contributed by atoms with E-state index in [9.17, 15) is 14.0 Å². The first-order valence-electron chi connectivity index (χ1n) is 9.31. The van der Waals surface area contributed by atoms with Gasteiger partial charge in [0.1, 0.15) is 17.4 Å². The number of aromatic nitrogens is 2. The molecule has 0 aliphatic carbocycles. The molecule has 0 aliphatic heterocycles. The van der Waals surface area contributed by atoms with Crippen molar-refractivity contribution in [2.75, 3.05) is 6.61 Å². The lowest BCUT2D eigenvalue weighted by molar-refractivity contribution is 0.0932. The van der Waals surface area contributed by atoms with Crippen LogP contribution in [0.2, 0.25) is 0 Å². The maximum atomic E-state index is 13.4. The van der Waals surface area contributed by atoms with Gasteiger partial charge in [-0.3, -0.25) is 9.59 Å². The summed E-state index contributed by atoms with van der Waals surface area (Å²) in [6, 6.07) is 13.7. The number of benzene rings is 2. The van der Waals surface area contributed by atoms with Crippen LogP contribution < -0.4 is 15.6 Å². The predicted octanol–water partition coefficient (Wildman–Crippen LogP) is 3.33. The Hall–Kier alpha value is -3.48. The van der Waals surface area contributed by atoms with Gasteiger partial charge in [-0.15, -0.1) is 0 Å². The second-order valence-electron chi connectivity index (χ2n) is 6.53. The van der Waals surface area contributed by atoms with E-state index in [1.54, 1.807) is 43.3 Å². The topological polar surface area (TPSA) is 84.1 Å². The molecule has 0 unspecified atom stereocenters. The van der Waals surface area contributed by atoms with E-state index < -0.39 is 6.04 Å². The molecule has 2 aromatic carbocycles. The van der Waals surface area contributed by atoms with Crippen molar-refractivity contribution in [2.24, 2.45) is 0 Å². The van der Waals surface area contributed by atoms with E-state index in [2.05, 4.69) is 15.3 Å². The zero-order chi connectivity index (χ0) is 20.8. The first-order chi connectivity index (χ1) is 14.0. The van der Waals surface area contributed by atoms with Crippen molar-refractivity contribution in [1.29, 1.82) is 0 Å². The molecule has 2 N–H and O–H groups in total. The number of halogens is 1. The average Bonchev–Trinajstić information content (AvgIpc) is 2.68. The minimum absolute atomic E-state index is 0.265. The lowest BCUT2D eigenvalue weighted by Gasteiger charge is -2.20. The summed E-state index contributed by atoms with van der Waals surface area (Å²) in [5.41, 5.74) is 1.36. The van der Waals surface area contributed by atoms with E-state index in [0.717, 1.165) is 0 Å². The van der Waals surface area contributed by atoms with Crippen LogP contribution in [-0.4, -0.2) is 22.5 Å². The first-order valence-corrected chi connectivity index (χ1v) is 9.31. The summed E-state index contributed by atoms with van der Waals surface area (Å²) < 4.78 is 18.9. The fraction of sp³-hybridized carbons (Fsp3) is 0.227. The molecule has 1 amide bonds. The van der Waals surface area contributed by atoms with Crippen LogP contribution in [0.1, 0.15) is 40.4 Å². The zero-order valence-electron chi connectivity index (χ0n) is 16.2. The lowest BCUT2D eigenvalue weighted by Crippen LogP contribution is -2.31. The van der Waals surface area contributed by atoms with Crippen molar-refractivity contribution in [3.63, 3.8) is 0 Å². The van der Waals surface area contributed by atoms with Crippen molar-refractivity contribution >= 4 is 5.91 Å². The van der Waals surface area contributed by atoms with Gasteiger partial charge in [0, 0.05) is 12.5 Å². The number of rotatable bonds is 7. The number of amides is 1. The molecule has 3 aromatic rings. The highest BCUT2D eigenvalue weighted by molar-refractivity contribution is 5.97. The lowest BCUT2D eigenvalue weighted by atomic mass is 10.0. The fourth-order valence-electron chi connectivity index (χ4n) is 3.07. The molecule has 0 saturated heterocycles. The second kappa shape index (κ2) is 9.14. The van der Waals surface area contributed by atoms with Crippen LogP contribution in [0.3, 0.4) is 0 Å². The molecule has 0 radical (unpaired) electrons. The van der Waals surface area contributed by atoms with E-state index in [1.165, 1.54) is 18.2 Å². The maximum absolute atomic E-state index is 13.4. The number of ether oxygens (including phenoxy) is 1. The molecule has 3 rings (SSSR count). The molecule has 0 saturated carbocycles. The number of carbonyl (C=O) groups excluding carboxylic acids is 1. The van der Waals surface area contributed by atoms with Crippen LogP contribution in [0.25, 0.3) is 0 Å². The van der Waals surface area contributed by atoms with Gasteiger partial charge in [0.25, 0.3) is 11.5 Å². The van der Waals surface area contributed by atoms with Gasteiger partial charge in [0.15, 0.2) is 0 Å². The highest BCUT2D eigenvalue weighted by Gasteiger charge is 2.20. The minimum Gasteiger partial charge on any atom is -0.493 e. The summed E-state index contributed by atoms with van der Waals surface area (Å²) in [4.78, 5) is 31.7. The van der Waals surface area contributed by atoms with Crippen molar-refractivity contribution < 1.29 is 13.9 Å². The number of aromatic amines is 1. The number of para-hydroxylation sites is 1. The Morgan fingerprint density at radius 2 is 1.93 bits per heavy atom. The number of hydrogen-bond donors (Lipinski definition) is 2. The molecule has 1 aromatic heterocycles. The van der Waals surface area contributed by atoms with E-state index >= 15 is 0 Å². The summed E-state index contributed by atoms with van der Waals surface area (Å²) in [6.07, 6.45) is 0.277. The highest BCUT2D eigenvalue weighted by atomic mass is 19.1. The monoisotopic (exact) mass is 395 g/mol. The van der Waals surface area contributed by atoms with Gasteiger partial charge in [0.2, 0.25) is 0 Å². The Morgan fingerprint density at radius 3 is 2.62 bits per heavy atom. The standard InChI is InChI=1S/C22H22FN3O3/c1-3-29-20-7-5-4-6-18(20)22(28)26-19(15-8-10-16(23)11-9-15)12-17-13-21(27)25-14(2)24-17/h4-11,13,19H,3,12H2,1-2H3,(H,26,28)(H,24,25,27)/t19-/m1/s1. The smallest absolute Gasteiger partial charge is 0.255 e. The number of carbonyl (C=O) groups is 1. The van der Waals surface area contributed by atoms with Crippen LogP contribution in [0, 0.1) is 12.7 Å². The largest absolute Gasteiger partial charge is 0.493 e. The van der Waals surface area contributed by atoms with Gasteiger partial charge in [-0.25, -0.2) is 9.37 Å². The van der Waals surface area contributed by atoms with Crippen LogP contribution in [0.5, 0.6) is 5.75 Å². The summed E-state index contributed by atoms with van der Waals surface area (Å²) in [5.74, 6) is 0.268. The van der Waals surface area contributed by atoms with Crippen LogP contribution in [-0.2, 0) is 6.42 Å². The minimum atomic E-state index is -0.508. The van der Waals surface area contributed by atoms with Gasteiger partial charge >= 0.3 is 0 Å². The molecule has 150 valence electrons. The molecule has 0 fully saturated rings. The van der Waals surface area contributed by atoms with Gasteiger partial charge in [0.05, 0.1) is 23.9 Å². The van der Waals surface area contributed by atoms with Crippen molar-refractivity contribution in [2.45, 2.75) is 26.3 Å². The molecule has 7 heteroatoms. The fourth-order valence-corrected chi connectivity index (χ4v) is 3.07. The predicted molar refractivity (Wildman–Crippen MR) is 108 cm³/mol. The third-order valence-corrected chi connectivity index (χ3v) is 4.34. The molecule has 0 bridgehead atoms. The Bertz CT molecular complexity index is 1050. The van der Waals surface area contributed by atoms with Crippen molar-refractivity contribution in [3.05, 3.63) is 93.4 Å². The SMILES string of the molecule is CCOc1ccccc1C(=O)N[C@H](Cc1cc(=O)[nH]c(C)n1)c1ccc(F)cc1. The van der Waals surface area contributed by atoms with Crippen LogP contribution in [0.4, 0.5) is 4.39 Å². The normalized spacial score (nSPS) is 11.7. The van der Waals surface area contributed by atoms with Gasteiger partial charge in [-0.05, 0) is 43.7 Å². The number of nitrogens with one attached hydrogen (secondary N) is 2. The quantitative estimate of drug-likeness (QED) is 0.643. The molecule has 1 atom stereocenters. The molecular formula is C22H22FN3O3. The molecule has 1 heterocycles. The summed E-state index contributed by atoms with van der Waals surface area (Å²) in [6.45, 7) is 3.97. The summed E-state index contributed by atoms with van der Waals surface area (Å²) in [5, 5.41) is 2.96. The second-order valence-corrected chi connectivity index (χ2v) is 6.53. The van der Waals surface area contributed by atoms with E-state index in [1.807, 2.05) is 6.92 Å². The summed E-state index contributed by atoms with van der Waals surface area (Å²) in [7, 11) is 0. The van der Waals surface area contributed by atoms with E-state index in [0.29, 0.717) is 35.0 Å². The number of nitrogens with zero attached hydrogens (tertiary/aromatic N) is 1. The number of hydrogen-bond acceptors (Lipinski definition) is 4. The Morgan fingerprint density at radius 1 is 1.21 bits per heavy atom. The van der Waals surface area contributed by atoms with Gasteiger partial charge in [-0.2, -0.15) is 0 Å². The van der Waals surface area contributed by atoms with Crippen molar-refractivity contribution in [3.8, 4) is 5.75 Å². The average molecular weight is 395 g/mol. The van der Waals surface area contributed by atoms with E-state index in [-0.39, 0.29) is 23.7 Å². The Kier molecular flexibility index (Phi) is 6.39. The van der Waals surface area contributed by atoms with E-state index in [4.69, 9.17) is 4.74 Å². The van der Waals surface area contributed by atoms with Crippen LogP contribution >= 0.6 is 0 Å². The third-order valence-electron chi connectivity index (χ3n) is 4.34. The third kappa shape index (κ3) is 5.28. The highest BCUT2D eigenvalue weighted by Crippen LogP contribution is 2.22.